The predicted molar refractivity (Wildman–Crippen MR) is 148 cm³/mol. The number of aromatic nitrogens is 1. The summed E-state index contributed by atoms with van der Waals surface area (Å²) in [6.07, 6.45) is 1.97. The molecule has 0 fully saturated rings. The van der Waals surface area contributed by atoms with E-state index >= 15 is 0 Å². The quantitative estimate of drug-likeness (QED) is 0.203. The number of aryl methyl sites for hydroxylation is 1. The standard InChI is InChI=1S/C30H22BrClN2/c1-21-18-25(31)12-17-28(21)33-20-24-19-29(22-8-4-2-5-9-22)34(27-15-13-26(32)14-16-27)30(24)23-10-6-3-7-11-23/h2-20H,1H3. The highest BCUT2D eigenvalue weighted by Crippen LogP contribution is 2.36. The monoisotopic (exact) mass is 524 g/mol. The van der Waals surface area contributed by atoms with Gasteiger partial charge in [0.15, 0.2) is 0 Å². The van der Waals surface area contributed by atoms with Gasteiger partial charge in [-0.1, -0.05) is 88.2 Å². The maximum absolute atomic E-state index is 6.23. The molecule has 4 heteroatoms. The molecule has 0 amide bonds. The highest BCUT2D eigenvalue weighted by Gasteiger charge is 2.18. The van der Waals surface area contributed by atoms with E-state index in [4.69, 9.17) is 16.6 Å². The van der Waals surface area contributed by atoms with Crippen LogP contribution in [0.15, 0.2) is 119 Å². The van der Waals surface area contributed by atoms with Gasteiger partial charge in [0.05, 0.1) is 17.1 Å². The van der Waals surface area contributed by atoms with Gasteiger partial charge in [-0.2, -0.15) is 0 Å². The summed E-state index contributed by atoms with van der Waals surface area (Å²) in [7, 11) is 0. The molecule has 0 atom stereocenters. The molecule has 4 aromatic carbocycles. The zero-order chi connectivity index (χ0) is 23.5. The predicted octanol–water partition coefficient (Wildman–Crippen LogP) is 9.29. The summed E-state index contributed by atoms with van der Waals surface area (Å²) in [6.45, 7) is 2.07. The fraction of sp³-hybridized carbons (Fsp3) is 0.0333. The van der Waals surface area contributed by atoms with Crippen molar-refractivity contribution in [3.63, 3.8) is 0 Å². The third-order valence-electron chi connectivity index (χ3n) is 5.73. The first kappa shape index (κ1) is 22.4. The zero-order valence-corrected chi connectivity index (χ0v) is 21.0. The van der Waals surface area contributed by atoms with Gasteiger partial charge < -0.3 is 4.57 Å². The fourth-order valence-electron chi connectivity index (χ4n) is 4.10. The maximum atomic E-state index is 6.23. The summed E-state index contributed by atoms with van der Waals surface area (Å²) in [6, 6.07) is 37.2. The third-order valence-corrected chi connectivity index (χ3v) is 6.48. The first-order valence-corrected chi connectivity index (χ1v) is 12.2. The van der Waals surface area contributed by atoms with Crippen molar-refractivity contribution in [3.8, 4) is 28.2 Å². The molecule has 0 aliphatic rings. The molecular formula is C30H22BrClN2. The van der Waals surface area contributed by atoms with Gasteiger partial charge in [0.2, 0.25) is 0 Å². The van der Waals surface area contributed by atoms with Gasteiger partial charge in [-0.25, -0.2) is 0 Å². The second-order valence-corrected chi connectivity index (χ2v) is 9.42. The van der Waals surface area contributed by atoms with E-state index < -0.39 is 0 Å². The number of rotatable bonds is 5. The van der Waals surface area contributed by atoms with Crippen LogP contribution in [-0.2, 0) is 0 Å². The molecule has 0 aliphatic heterocycles. The Hall–Kier alpha value is -3.40. The Kier molecular flexibility index (Phi) is 6.48. The van der Waals surface area contributed by atoms with Crippen molar-refractivity contribution in [3.05, 3.63) is 130 Å². The number of hydrogen-bond donors (Lipinski definition) is 0. The van der Waals surface area contributed by atoms with Crippen molar-refractivity contribution in [2.75, 3.05) is 0 Å². The van der Waals surface area contributed by atoms with Crippen LogP contribution in [0.2, 0.25) is 5.02 Å². The summed E-state index contributed by atoms with van der Waals surface area (Å²) in [5.74, 6) is 0. The minimum atomic E-state index is 0.714. The van der Waals surface area contributed by atoms with Gasteiger partial charge in [-0.05, 0) is 72.1 Å². The normalized spacial score (nSPS) is 11.3. The molecule has 2 nitrogen and oxygen atoms in total. The van der Waals surface area contributed by atoms with E-state index in [9.17, 15) is 0 Å². The Bertz CT molecular complexity index is 1450. The van der Waals surface area contributed by atoms with Crippen molar-refractivity contribution >= 4 is 39.4 Å². The Balaban J connectivity index is 1.77. The van der Waals surface area contributed by atoms with Crippen LogP contribution in [0, 0.1) is 6.92 Å². The zero-order valence-electron chi connectivity index (χ0n) is 18.6. The number of nitrogens with zero attached hydrogens (tertiary/aromatic N) is 2. The summed E-state index contributed by atoms with van der Waals surface area (Å²) >= 11 is 9.77. The second kappa shape index (κ2) is 9.84. The maximum Gasteiger partial charge on any atom is 0.0659 e. The number of hydrogen-bond acceptors (Lipinski definition) is 1. The average Bonchev–Trinajstić information content (AvgIpc) is 3.24. The summed E-state index contributed by atoms with van der Waals surface area (Å²) in [4.78, 5) is 4.88. The van der Waals surface area contributed by atoms with E-state index in [0.29, 0.717) is 5.02 Å². The largest absolute Gasteiger partial charge is 0.309 e. The van der Waals surface area contributed by atoms with E-state index in [-0.39, 0.29) is 0 Å². The lowest BCUT2D eigenvalue weighted by Crippen LogP contribution is -2.00. The van der Waals surface area contributed by atoms with Crippen LogP contribution < -0.4 is 0 Å². The van der Waals surface area contributed by atoms with Crippen LogP contribution in [-0.4, -0.2) is 10.8 Å². The molecule has 34 heavy (non-hydrogen) atoms. The SMILES string of the molecule is Cc1cc(Br)ccc1N=Cc1cc(-c2ccccc2)n(-c2ccc(Cl)cc2)c1-c1ccccc1. The number of halogens is 2. The van der Waals surface area contributed by atoms with Crippen LogP contribution in [0.25, 0.3) is 28.2 Å². The van der Waals surface area contributed by atoms with Crippen LogP contribution in [0.5, 0.6) is 0 Å². The molecular weight excluding hydrogens is 504 g/mol. The molecule has 0 saturated carbocycles. The lowest BCUT2D eigenvalue weighted by molar-refractivity contribution is 1.09. The van der Waals surface area contributed by atoms with E-state index in [2.05, 4.69) is 100 Å². The first-order chi connectivity index (χ1) is 16.6. The van der Waals surface area contributed by atoms with E-state index in [1.807, 2.05) is 42.6 Å². The minimum absolute atomic E-state index is 0.714. The molecule has 0 bridgehead atoms. The summed E-state index contributed by atoms with van der Waals surface area (Å²) in [5, 5.41) is 0.714. The van der Waals surface area contributed by atoms with Crippen LogP contribution >= 0.6 is 27.5 Å². The minimum Gasteiger partial charge on any atom is -0.309 e. The van der Waals surface area contributed by atoms with Gasteiger partial charge in [0.1, 0.15) is 0 Å². The van der Waals surface area contributed by atoms with Gasteiger partial charge in [-0.15, -0.1) is 0 Å². The summed E-state index contributed by atoms with van der Waals surface area (Å²) < 4.78 is 3.34. The van der Waals surface area contributed by atoms with E-state index in [0.717, 1.165) is 49.5 Å². The van der Waals surface area contributed by atoms with Crippen molar-refractivity contribution in [1.29, 1.82) is 0 Å². The molecule has 5 rings (SSSR count). The van der Waals surface area contributed by atoms with Gasteiger partial charge in [0, 0.05) is 27.0 Å². The number of aliphatic imine (C=N–C) groups is 1. The second-order valence-electron chi connectivity index (χ2n) is 8.07. The molecule has 166 valence electrons. The molecule has 0 spiro atoms. The van der Waals surface area contributed by atoms with E-state index in [1.54, 1.807) is 0 Å². The topological polar surface area (TPSA) is 17.3 Å². The summed E-state index contributed by atoms with van der Waals surface area (Å²) in [5.41, 5.74) is 8.58. The van der Waals surface area contributed by atoms with Gasteiger partial charge in [0.25, 0.3) is 0 Å². The van der Waals surface area contributed by atoms with Crippen molar-refractivity contribution in [2.24, 2.45) is 4.99 Å². The Morgan fingerprint density at radius 2 is 1.41 bits per heavy atom. The lowest BCUT2D eigenvalue weighted by Gasteiger charge is -2.15. The highest BCUT2D eigenvalue weighted by atomic mass is 79.9. The molecule has 1 heterocycles. The van der Waals surface area contributed by atoms with Gasteiger partial charge in [-0.3, -0.25) is 4.99 Å². The molecule has 0 saturated heterocycles. The molecule has 0 radical (unpaired) electrons. The van der Waals surface area contributed by atoms with Crippen LogP contribution in [0.1, 0.15) is 11.1 Å². The van der Waals surface area contributed by atoms with Crippen molar-refractivity contribution < 1.29 is 0 Å². The lowest BCUT2D eigenvalue weighted by atomic mass is 10.1. The molecule has 0 aliphatic carbocycles. The Morgan fingerprint density at radius 3 is 2.06 bits per heavy atom. The van der Waals surface area contributed by atoms with Crippen LogP contribution in [0.3, 0.4) is 0 Å². The number of benzene rings is 4. The average molecular weight is 526 g/mol. The molecule has 0 N–H and O–H groups in total. The fourth-order valence-corrected chi connectivity index (χ4v) is 4.70. The smallest absolute Gasteiger partial charge is 0.0659 e. The van der Waals surface area contributed by atoms with Gasteiger partial charge >= 0.3 is 0 Å². The van der Waals surface area contributed by atoms with Crippen molar-refractivity contribution in [1.82, 2.24) is 4.57 Å². The third kappa shape index (κ3) is 4.63. The molecule has 0 unspecified atom stereocenters. The Labute approximate surface area is 213 Å². The first-order valence-electron chi connectivity index (χ1n) is 11.0. The highest BCUT2D eigenvalue weighted by molar-refractivity contribution is 9.10. The Morgan fingerprint density at radius 1 is 0.765 bits per heavy atom. The molecule has 1 aromatic heterocycles. The van der Waals surface area contributed by atoms with E-state index in [1.165, 1.54) is 0 Å². The van der Waals surface area contributed by atoms with Crippen LogP contribution in [0.4, 0.5) is 5.69 Å². The van der Waals surface area contributed by atoms with Crippen molar-refractivity contribution in [2.45, 2.75) is 6.92 Å². The molecule has 5 aromatic rings.